The van der Waals surface area contributed by atoms with Crippen molar-refractivity contribution in [1.82, 2.24) is 9.78 Å². The largest absolute Gasteiger partial charge is 0.274 e. The monoisotopic (exact) mass is 292 g/mol. The lowest BCUT2D eigenvalue weighted by Gasteiger charge is -2.19. The van der Waals surface area contributed by atoms with Gasteiger partial charge in [-0.3, -0.25) is 4.79 Å². The van der Waals surface area contributed by atoms with Crippen LogP contribution >= 0.6 is 0 Å². The predicted molar refractivity (Wildman–Crippen MR) is 90.2 cm³/mol. The highest BCUT2D eigenvalue weighted by Crippen LogP contribution is 2.22. The Morgan fingerprint density at radius 3 is 2.36 bits per heavy atom. The van der Waals surface area contributed by atoms with Crippen molar-refractivity contribution in [2.75, 3.05) is 0 Å². The van der Waals surface area contributed by atoms with Crippen molar-refractivity contribution in [3.8, 4) is 0 Å². The molecule has 22 heavy (non-hydrogen) atoms. The van der Waals surface area contributed by atoms with Crippen LogP contribution in [0.2, 0.25) is 0 Å². The number of rotatable bonds is 2. The summed E-state index contributed by atoms with van der Waals surface area (Å²) in [5.41, 5.74) is 2.46. The van der Waals surface area contributed by atoms with Crippen molar-refractivity contribution >= 4 is 10.8 Å². The fourth-order valence-corrected chi connectivity index (χ4v) is 2.52. The van der Waals surface area contributed by atoms with Gasteiger partial charge in [-0.1, -0.05) is 63.2 Å². The SMILES string of the molecule is CC(C)(C)c1ccc(Cn2ncc3ccccc3c2=O)cc1. The summed E-state index contributed by atoms with van der Waals surface area (Å²) in [6.07, 6.45) is 1.75. The van der Waals surface area contributed by atoms with Gasteiger partial charge in [0, 0.05) is 5.39 Å². The van der Waals surface area contributed by atoms with Crippen molar-refractivity contribution in [3.63, 3.8) is 0 Å². The topological polar surface area (TPSA) is 34.9 Å². The molecule has 3 rings (SSSR count). The summed E-state index contributed by atoms with van der Waals surface area (Å²) in [5.74, 6) is 0. The van der Waals surface area contributed by atoms with E-state index in [9.17, 15) is 4.79 Å². The van der Waals surface area contributed by atoms with Gasteiger partial charge in [-0.05, 0) is 22.6 Å². The van der Waals surface area contributed by atoms with E-state index in [0.29, 0.717) is 11.9 Å². The molecule has 0 fully saturated rings. The molecule has 0 aliphatic rings. The van der Waals surface area contributed by atoms with Crippen LogP contribution < -0.4 is 5.56 Å². The first-order valence-corrected chi connectivity index (χ1v) is 7.49. The summed E-state index contributed by atoms with van der Waals surface area (Å²) in [6.45, 7) is 7.07. The van der Waals surface area contributed by atoms with Crippen LogP contribution in [0.1, 0.15) is 31.9 Å². The molecular formula is C19H20N2O. The van der Waals surface area contributed by atoms with E-state index in [1.165, 1.54) is 10.2 Å². The second-order valence-electron chi connectivity index (χ2n) is 6.64. The molecule has 0 aliphatic carbocycles. The lowest BCUT2D eigenvalue weighted by atomic mass is 9.87. The number of fused-ring (bicyclic) bond motifs is 1. The maximum Gasteiger partial charge on any atom is 0.274 e. The fourth-order valence-electron chi connectivity index (χ4n) is 2.52. The van der Waals surface area contributed by atoms with E-state index in [0.717, 1.165) is 10.9 Å². The van der Waals surface area contributed by atoms with Gasteiger partial charge in [-0.15, -0.1) is 0 Å². The van der Waals surface area contributed by atoms with E-state index in [2.05, 4.69) is 50.1 Å². The first-order chi connectivity index (χ1) is 10.4. The third-order valence-electron chi connectivity index (χ3n) is 3.91. The van der Waals surface area contributed by atoms with E-state index in [1.807, 2.05) is 24.3 Å². The van der Waals surface area contributed by atoms with Gasteiger partial charge in [-0.2, -0.15) is 5.10 Å². The average molecular weight is 292 g/mol. The van der Waals surface area contributed by atoms with Gasteiger partial charge >= 0.3 is 0 Å². The standard InChI is InChI=1S/C19H20N2O/c1-19(2,3)16-10-8-14(9-11-16)13-21-18(22)17-7-5-4-6-15(17)12-20-21/h4-12H,13H2,1-3H3. The van der Waals surface area contributed by atoms with Crippen LogP contribution in [0.25, 0.3) is 10.8 Å². The fraction of sp³-hybridized carbons (Fsp3) is 0.263. The Balaban J connectivity index is 1.93. The first kappa shape index (κ1) is 14.5. The van der Waals surface area contributed by atoms with Gasteiger partial charge in [0.05, 0.1) is 18.1 Å². The quantitative estimate of drug-likeness (QED) is 0.721. The van der Waals surface area contributed by atoms with Crippen molar-refractivity contribution < 1.29 is 0 Å². The van der Waals surface area contributed by atoms with Crippen LogP contribution in [0, 0.1) is 0 Å². The molecule has 1 aromatic heterocycles. The van der Waals surface area contributed by atoms with Crippen molar-refractivity contribution in [2.24, 2.45) is 0 Å². The lowest BCUT2D eigenvalue weighted by Crippen LogP contribution is -2.23. The van der Waals surface area contributed by atoms with Crippen LogP contribution in [-0.2, 0) is 12.0 Å². The Morgan fingerprint density at radius 2 is 1.68 bits per heavy atom. The van der Waals surface area contributed by atoms with Crippen LogP contribution in [0.3, 0.4) is 0 Å². The lowest BCUT2D eigenvalue weighted by molar-refractivity contribution is 0.589. The predicted octanol–water partition coefficient (Wildman–Crippen LogP) is 3.74. The van der Waals surface area contributed by atoms with Gasteiger partial charge in [0.1, 0.15) is 0 Å². The summed E-state index contributed by atoms with van der Waals surface area (Å²) < 4.78 is 1.52. The molecule has 0 spiro atoms. The number of aromatic nitrogens is 2. The third kappa shape index (κ3) is 2.80. The normalized spacial score (nSPS) is 11.8. The van der Waals surface area contributed by atoms with Crippen LogP contribution in [-0.4, -0.2) is 9.78 Å². The molecule has 3 nitrogen and oxygen atoms in total. The average Bonchev–Trinajstić information content (AvgIpc) is 2.50. The summed E-state index contributed by atoms with van der Waals surface area (Å²) in [5, 5.41) is 5.87. The molecule has 0 saturated heterocycles. The molecule has 2 aromatic carbocycles. The minimum Gasteiger partial charge on any atom is -0.267 e. The smallest absolute Gasteiger partial charge is 0.267 e. The highest BCUT2D eigenvalue weighted by Gasteiger charge is 2.13. The number of benzene rings is 2. The maximum absolute atomic E-state index is 12.5. The van der Waals surface area contributed by atoms with Gasteiger partial charge < -0.3 is 0 Å². The van der Waals surface area contributed by atoms with Crippen LogP contribution in [0.4, 0.5) is 0 Å². The zero-order valence-electron chi connectivity index (χ0n) is 13.2. The Labute approximate surface area is 130 Å². The highest BCUT2D eigenvalue weighted by molar-refractivity contribution is 5.80. The van der Waals surface area contributed by atoms with Crippen LogP contribution in [0.15, 0.2) is 59.5 Å². The Kier molecular flexibility index (Phi) is 3.57. The molecule has 0 amide bonds. The Morgan fingerprint density at radius 1 is 1.00 bits per heavy atom. The second-order valence-corrected chi connectivity index (χ2v) is 6.64. The molecule has 3 heteroatoms. The molecule has 0 N–H and O–H groups in total. The molecule has 112 valence electrons. The second kappa shape index (κ2) is 5.41. The maximum atomic E-state index is 12.5. The minimum atomic E-state index is -0.0435. The van der Waals surface area contributed by atoms with Crippen molar-refractivity contribution in [2.45, 2.75) is 32.7 Å². The minimum absolute atomic E-state index is 0.0435. The van der Waals surface area contributed by atoms with E-state index >= 15 is 0 Å². The van der Waals surface area contributed by atoms with Gasteiger partial charge in [0.25, 0.3) is 5.56 Å². The molecule has 0 bridgehead atoms. The highest BCUT2D eigenvalue weighted by atomic mass is 16.1. The summed E-state index contributed by atoms with van der Waals surface area (Å²) >= 11 is 0. The van der Waals surface area contributed by atoms with Gasteiger partial charge in [0.2, 0.25) is 0 Å². The molecule has 0 atom stereocenters. The number of hydrogen-bond donors (Lipinski definition) is 0. The molecule has 1 heterocycles. The Bertz CT molecular complexity index is 855. The summed E-state index contributed by atoms with van der Waals surface area (Å²) in [7, 11) is 0. The van der Waals surface area contributed by atoms with Crippen molar-refractivity contribution in [1.29, 1.82) is 0 Å². The molecule has 3 aromatic rings. The molecule has 0 aliphatic heterocycles. The van der Waals surface area contributed by atoms with E-state index in [4.69, 9.17) is 0 Å². The van der Waals surface area contributed by atoms with E-state index < -0.39 is 0 Å². The number of hydrogen-bond acceptors (Lipinski definition) is 2. The molecule has 0 radical (unpaired) electrons. The molecule has 0 saturated carbocycles. The summed E-state index contributed by atoms with van der Waals surface area (Å²) in [4.78, 5) is 12.5. The molecule has 0 unspecified atom stereocenters. The molecular weight excluding hydrogens is 272 g/mol. The Hall–Kier alpha value is -2.42. The van der Waals surface area contributed by atoms with Crippen LogP contribution in [0.5, 0.6) is 0 Å². The van der Waals surface area contributed by atoms with E-state index in [1.54, 1.807) is 6.20 Å². The third-order valence-corrected chi connectivity index (χ3v) is 3.91. The van der Waals surface area contributed by atoms with Gasteiger partial charge in [0.15, 0.2) is 0 Å². The van der Waals surface area contributed by atoms with Gasteiger partial charge in [-0.25, -0.2) is 4.68 Å². The van der Waals surface area contributed by atoms with Crippen molar-refractivity contribution in [3.05, 3.63) is 76.2 Å². The number of nitrogens with zero attached hydrogens (tertiary/aromatic N) is 2. The zero-order valence-corrected chi connectivity index (χ0v) is 13.2. The zero-order chi connectivity index (χ0) is 15.7. The van der Waals surface area contributed by atoms with E-state index in [-0.39, 0.29) is 11.0 Å². The summed E-state index contributed by atoms with van der Waals surface area (Å²) in [6, 6.07) is 16.0. The first-order valence-electron chi connectivity index (χ1n) is 7.49.